The largest absolute Gasteiger partial charge is 0.486 e. The molecule has 2 heterocycles. The zero-order valence-electron chi connectivity index (χ0n) is 16.0. The van der Waals surface area contributed by atoms with Crippen molar-refractivity contribution in [1.29, 1.82) is 0 Å². The molecule has 0 atom stereocenters. The Morgan fingerprint density at radius 1 is 1.24 bits per heavy atom. The molecule has 29 heavy (non-hydrogen) atoms. The highest BCUT2D eigenvalue weighted by Gasteiger charge is 2.16. The first-order valence-electron chi connectivity index (χ1n) is 9.25. The maximum Gasteiger partial charge on any atom is 0.350 e. The van der Waals surface area contributed by atoms with Gasteiger partial charge in [-0.1, -0.05) is 18.2 Å². The third kappa shape index (κ3) is 3.54. The van der Waals surface area contributed by atoms with E-state index in [1.165, 1.54) is 15.6 Å². The van der Waals surface area contributed by atoms with Crippen molar-refractivity contribution < 1.29 is 13.9 Å². The van der Waals surface area contributed by atoms with Gasteiger partial charge in [-0.15, -0.1) is 0 Å². The van der Waals surface area contributed by atoms with E-state index in [1.807, 2.05) is 43.3 Å². The Bertz CT molecular complexity index is 1130. The number of benzene rings is 2. The highest BCUT2D eigenvalue weighted by atomic mass is 19.1. The molecule has 0 saturated carbocycles. The quantitative estimate of drug-likeness (QED) is 0.717. The van der Waals surface area contributed by atoms with Crippen molar-refractivity contribution in [2.24, 2.45) is 5.73 Å². The second-order valence-electron chi connectivity index (χ2n) is 6.72. The van der Waals surface area contributed by atoms with Gasteiger partial charge in [0.2, 0.25) is 0 Å². The lowest BCUT2D eigenvalue weighted by Crippen LogP contribution is -2.26. The Morgan fingerprint density at radius 2 is 2.03 bits per heavy atom. The van der Waals surface area contributed by atoms with Gasteiger partial charge in [-0.25, -0.2) is 18.4 Å². The number of fused-ring (bicyclic) bond motifs is 1. The lowest BCUT2D eigenvalue weighted by atomic mass is 9.98. The highest BCUT2D eigenvalue weighted by molar-refractivity contribution is 5.73. The van der Waals surface area contributed by atoms with Crippen LogP contribution in [0.4, 0.5) is 4.39 Å². The first kappa shape index (κ1) is 18.9. The molecule has 0 amide bonds. The van der Waals surface area contributed by atoms with Crippen LogP contribution in [0.5, 0.6) is 11.5 Å². The summed E-state index contributed by atoms with van der Waals surface area (Å²) in [5.41, 5.74) is 8.94. The van der Waals surface area contributed by atoms with E-state index >= 15 is 0 Å². The third-order valence-electron chi connectivity index (χ3n) is 4.92. The van der Waals surface area contributed by atoms with Crippen LogP contribution in [0, 0.1) is 6.92 Å². The molecule has 1 aliphatic heterocycles. The first-order valence-corrected chi connectivity index (χ1v) is 9.25. The fraction of sp³-hybridized carbons (Fsp3) is 0.238. The Hall–Kier alpha value is -3.39. The van der Waals surface area contributed by atoms with Crippen LogP contribution < -0.4 is 20.9 Å². The molecule has 3 aromatic rings. The average molecular weight is 396 g/mol. The van der Waals surface area contributed by atoms with Crippen molar-refractivity contribution in [3.63, 3.8) is 0 Å². The summed E-state index contributed by atoms with van der Waals surface area (Å²) in [4.78, 5) is 12.8. The predicted octanol–water partition coefficient (Wildman–Crippen LogP) is 2.59. The maximum absolute atomic E-state index is 12.8. The summed E-state index contributed by atoms with van der Waals surface area (Å²) >= 11 is 0. The second kappa shape index (κ2) is 7.92. The third-order valence-corrected chi connectivity index (χ3v) is 4.92. The van der Waals surface area contributed by atoms with Gasteiger partial charge in [0.25, 0.3) is 0 Å². The molecule has 150 valence electrons. The smallest absolute Gasteiger partial charge is 0.350 e. The number of hydrogen-bond acceptors (Lipinski definition) is 5. The SMILES string of the molecule is Cc1c(-c2ccc3c(c2)OCCO3)cccc1-n1cnn(C/C(=C/F)CN)c1=O. The Morgan fingerprint density at radius 3 is 2.79 bits per heavy atom. The molecule has 0 fully saturated rings. The van der Waals surface area contributed by atoms with Crippen LogP contribution in [0.3, 0.4) is 0 Å². The lowest BCUT2D eigenvalue weighted by Gasteiger charge is -2.19. The van der Waals surface area contributed by atoms with Crippen LogP contribution in [0.2, 0.25) is 0 Å². The molecule has 0 bridgehead atoms. The van der Waals surface area contributed by atoms with Gasteiger partial charge in [-0.3, -0.25) is 0 Å². The molecule has 4 rings (SSSR count). The normalized spacial score (nSPS) is 13.6. The van der Waals surface area contributed by atoms with E-state index in [2.05, 4.69) is 5.10 Å². The van der Waals surface area contributed by atoms with E-state index in [-0.39, 0.29) is 18.8 Å². The standard InChI is InChI=1S/C21H21FN4O3/c1-14-17(16-5-6-19-20(9-16)29-8-7-28-19)3-2-4-18(14)25-13-24-26(21(25)27)12-15(10-22)11-23/h2-6,9-10,13H,7-8,11-12,23H2,1H3/b15-10+. The van der Waals surface area contributed by atoms with Crippen LogP contribution in [-0.4, -0.2) is 34.1 Å². The van der Waals surface area contributed by atoms with E-state index in [9.17, 15) is 9.18 Å². The van der Waals surface area contributed by atoms with Gasteiger partial charge >= 0.3 is 5.69 Å². The number of aromatic nitrogens is 3. The number of halogens is 1. The van der Waals surface area contributed by atoms with Crippen molar-refractivity contribution in [3.8, 4) is 28.3 Å². The van der Waals surface area contributed by atoms with Crippen LogP contribution >= 0.6 is 0 Å². The van der Waals surface area contributed by atoms with E-state index in [0.717, 1.165) is 22.4 Å². The fourth-order valence-electron chi connectivity index (χ4n) is 3.35. The van der Waals surface area contributed by atoms with Crippen molar-refractivity contribution in [2.75, 3.05) is 19.8 Å². The molecule has 8 heteroatoms. The summed E-state index contributed by atoms with van der Waals surface area (Å²) in [7, 11) is 0. The zero-order valence-corrected chi connectivity index (χ0v) is 16.0. The Labute approximate surface area is 166 Å². The summed E-state index contributed by atoms with van der Waals surface area (Å²) in [5, 5.41) is 4.10. The number of nitrogens with zero attached hydrogens (tertiary/aromatic N) is 3. The maximum atomic E-state index is 12.8. The molecule has 7 nitrogen and oxygen atoms in total. The predicted molar refractivity (Wildman–Crippen MR) is 107 cm³/mol. The monoisotopic (exact) mass is 396 g/mol. The second-order valence-corrected chi connectivity index (χ2v) is 6.72. The van der Waals surface area contributed by atoms with Gasteiger partial charge < -0.3 is 15.2 Å². The molecule has 0 saturated heterocycles. The minimum Gasteiger partial charge on any atom is -0.486 e. The summed E-state index contributed by atoms with van der Waals surface area (Å²) in [6, 6.07) is 11.5. The number of rotatable bonds is 5. The molecule has 0 radical (unpaired) electrons. The minimum atomic E-state index is -0.361. The number of nitrogens with two attached hydrogens (primary N) is 1. The van der Waals surface area contributed by atoms with E-state index < -0.39 is 0 Å². The molecule has 0 unspecified atom stereocenters. The van der Waals surface area contributed by atoms with Crippen molar-refractivity contribution in [1.82, 2.24) is 14.3 Å². The molecule has 2 N–H and O–H groups in total. The lowest BCUT2D eigenvalue weighted by molar-refractivity contribution is 0.171. The van der Waals surface area contributed by atoms with Crippen molar-refractivity contribution in [3.05, 3.63) is 70.7 Å². The number of ether oxygens (including phenoxy) is 2. The topological polar surface area (TPSA) is 84.3 Å². The fourth-order valence-corrected chi connectivity index (χ4v) is 3.35. The molecule has 1 aromatic heterocycles. The van der Waals surface area contributed by atoms with Crippen LogP contribution in [0.25, 0.3) is 16.8 Å². The first-order chi connectivity index (χ1) is 14.1. The number of hydrogen-bond donors (Lipinski definition) is 1. The average Bonchev–Trinajstić information content (AvgIpc) is 3.11. The van der Waals surface area contributed by atoms with Gasteiger partial charge in [0, 0.05) is 6.54 Å². The summed E-state index contributed by atoms with van der Waals surface area (Å²) in [6.07, 6.45) is 1.85. The highest BCUT2D eigenvalue weighted by Crippen LogP contribution is 2.36. The van der Waals surface area contributed by atoms with Crippen LogP contribution in [-0.2, 0) is 6.54 Å². The van der Waals surface area contributed by atoms with Crippen molar-refractivity contribution >= 4 is 0 Å². The summed E-state index contributed by atoms with van der Waals surface area (Å²) in [6.45, 7) is 3.03. The molecular formula is C21H21FN4O3. The molecule has 1 aliphatic rings. The molecular weight excluding hydrogens is 375 g/mol. The van der Waals surface area contributed by atoms with Gasteiger partial charge in [-0.2, -0.15) is 5.10 Å². The van der Waals surface area contributed by atoms with Crippen LogP contribution in [0.1, 0.15) is 5.56 Å². The van der Waals surface area contributed by atoms with Gasteiger partial charge in [0.05, 0.1) is 18.6 Å². The van der Waals surface area contributed by atoms with E-state index in [1.54, 1.807) is 0 Å². The van der Waals surface area contributed by atoms with Gasteiger partial charge in [0.1, 0.15) is 19.5 Å². The van der Waals surface area contributed by atoms with Crippen molar-refractivity contribution in [2.45, 2.75) is 13.5 Å². The summed E-state index contributed by atoms with van der Waals surface area (Å²) in [5.74, 6) is 1.43. The zero-order chi connectivity index (χ0) is 20.4. The van der Waals surface area contributed by atoms with Crippen LogP contribution in [0.15, 0.2) is 59.4 Å². The molecule has 0 spiro atoms. The Balaban J connectivity index is 1.73. The van der Waals surface area contributed by atoms with E-state index in [0.29, 0.717) is 36.6 Å². The molecule has 0 aliphatic carbocycles. The van der Waals surface area contributed by atoms with E-state index in [4.69, 9.17) is 15.2 Å². The van der Waals surface area contributed by atoms with Gasteiger partial charge in [-0.05, 0) is 47.4 Å². The van der Waals surface area contributed by atoms with Gasteiger partial charge in [0.15, 0.2) is 11.5 Å². The minimum absolute atomic E-state index is 0.0136. The Kier molecular flexibility index (Phi) is 5.18. The molecule has 2 aromatic carbocycles. The summed E-state index contributed by atoms with van der Waals surface area (Å²) < 4.78 is 26.7.